The van der Waals surface area contributed by atoms with Gasteiger partial charge in [0.2, 0.25) is 0 Å². The van der Waals surface area contributed by atoms with Gasteiger partial charge in [-0.3, -0.25) is 4.90 Å². The van der Waals surface area contributed by atoms with Crippen LogP contribution in [-0.4, -0.2) is 29.1 Å². The summed E-state index contributed by atoms with van der Waals surface area (Å²) < 4.78 is 0. The van der Waals surface area contributed by atoms with E-state index >= 15 is 0 Å². The van der Waals surface area contributed by atoms with Crippen LogP contribution in [0.15, 0.2) is 0 Å². The van der Waals surface area contributed by atoms with E-state index in [4.69, 9.17) is 11.0 Å². The van der Waals surface area contributed by atoms with Crippen LogP contribution in [0.4, 0.5) is 0 Å². The monoisotopic (exact) mass is 179 g/mol. The standard InChI is InChI=1S/C10H17N3/c1-2-8-5-7(12)6-10-9(3-4-11)13(8)10/h7-10H,2-3,5-6,12H2,1H3. The molecule has 0 radical (unpaired) electrons. The minimum Gasteiger partial charge on any atom is -0.328 e. The lowest BCUT2D eigenvalue weighted by molar-refractivity contribution is 0.256. The zero-order valence-electron chi connectivity index (χ0n) is 8.11. The molecule has 2 heterocycles. The second kappa shape index (κ2) is 3.28. The quantitative estimate of drug-likeness (QED) is 0.639. The predicted octanol–water partition coefficient (Wildman–Crippen LogP) is 0.853. The summed E-state index contributed by atoms with van der Waals surface area (Å²) in [4.78, 5) is 2.49. The van der Waals surface area contributed by atoms with E-state index in [1.54, 1.807) is 0 Å². The van der Waals surface area contributed by atoms with E-state index in [1.807, 2.05) is 0 Å². The molecular formula is C10H17N3. The summed E-state index contributed by atoms with van der Waals surface area (Å²) in [6, 6.07) is 4.44. The second-order valence-corrected chi connectivity index (χ2v) is 4.24. The van der Waals surface area contributed by atoms with Crippen molar-refractivity contribution in [1.82, 2.24) is 4.90 Å². The van der Waals surface area contributed by atoms with Gasteiger partial charge in [-0.2, -0.15) is 5.26 Å². The van der Waals surface area contributed by atoms with E-state index in [-0.39, 0.29) is 0 Å². The number of nitriles is 1. The lowest BCUT2D eigenvalue weighted by atomic mass is 9.98. The maximum Gasteiger partial charge on any atom is 0.0638 e. The van der Waals surface area contributed by atoms with Crippen LogP contribution in [0.5, 0.6) is 0 Å². The van der Waals surface area contributed by atoms with Crippen LogP contribution in [-0.2, 0) is 0 Å². The third-order valence-corrected chi connectivity index (χ3v) is 3.43. The van der Waals surface area contributed by atoms with Crippen molar-refractivity contribution in [2.45, 2.75) is 56.8 Å². The summed E-state index contributed by atoms with van der Waals surface area (Å²) >= 11 is 0. The smallest absolute Gasteiger partial charge is 0.0638 e. The molecule has 0 saturated carbocycles. The lowest BCUT2D eigenvalue weighted by Crippen LogP contribution is -2.37. The van der Waals surface area contributed by atoms with E-state index in [0.717, 1.165) is 12.8 Å². The van der Waals surface area contributed by atoms with Crippen LogP contribution in [0.2, 0.25) is 0 Å². The highest BCUT2D eigenvalue weighted by Crippen LogP contribution is 2.42. The van der Waals surface area contributed by atoms with Crippen LogP contribution in [0, 0.1) is 11.3 Å². The second-order valence-electron chi connectivity index (χ2n) is 4.24. The molecule has 2 fully saturated rings. The first kappa shape index (κ1) is 8.98. The van der Waals surface area contributed by atoms with Gasteiger partial charge in [0.1, 0.15) is 0 Å². The Kier molecular flexibility index (Phi) is 2.27. The van der Waals surface area contributed by atoms with Gasteiger partial charge in [-0.1, -0.05) is 6.92 Å². The first-order valence-electron chi connectivity index (χ1n) is 5.18. The topological polar surface area (TPSA) is 52.8 Å². The summed E-state index contributed by atoms with van der Waals surface area (Å²) in [7, 11) is 0. The van der Waals surface area contributed by atoms with E-state index < -0.39 is 0 Å². The molecule has 0 aromatic carbocycles. The fourth-order valence-electron chi connectivity index (χ4n) is 2.77. The molecule has 2 saturated heterocycles. The van der Waals surface area contributed by atoms with E-state index in [9.17, 15) is 0 Å². The maximum absolute atomic E-state index is 8.64. The van der Waals surface area contributed by atoms with Gasteiger partial charge in [-0.25, -0.2) is 0 Å². The molecule has 3 heteroatoms. The molecule has 2 N–H and O–H groups in total. The number of hydrogen-bond acceptors (Lipinski definition) is 3. The minimum absolute atomic E-state index is 0.370. The molecule has 5 unspecified atom stereocenters. The Morgan fingerprint density at radius 1 is 1.54 bits per heavy atom. The lowest BCUT2D eigenvalue weighted by Gasteiger charge is -2.26. The van der Waals surface area contributed by atoms with Gasteiger partial charge in [-0.05, 0) is 19.3 Å². The van der Waals surface area contributed by atoms with Crippen molar-refractivity contribution in [3.05, 3.63) is 0 Å². The van der Waals surface area contributed by atoms with Gasteiger partial charge in [-0.15, -0.1) is 0 Å². The Morgan fingerprint density at radius 3 is 2.92 bits per heavy atom. The van der Waals surface area contributed by atoms with Crippen LogP contribution in [0.25, 0.3) is 0 Å². The molecule has 72 valence electrons. The van der Waals surface area contributed by atoms with Gasteiger partial charge in [0.05, 0.1) is 12.5 Å². The van der Waals surface area contributed by atoms with Crippen molar-refractivity contribution in [3.63, 3.8) is 0 Å². The first-order chi connectivity index (χ1) is 6.27. The molecule has 0 aromatic heterocycles. The highest BCUT2D eigenvalue weighted by Gasteiger charge is 2.53. The molecule has 0 aromatic rings. The molecule has 13 heavy (non-hydrogen) atoms. The highest BCUT2D eigenvalue weighted by molar-refractivity contribution is 5.12. The molecule has 2 aliphatic rings. The van der Waals surface area contributed by atoms with Crippen LogP contribution >= 0.6 is 0 Å². The SMILES string of the molecule is CCC1CC(N)CC2C(CC#N)N12. The molecule has 3 nitrogen and oxygen atoms in total. The molecule has 5 atom stereocenters. The Hall–Kier alpha value is -0.590. The Balaban J connectivity index is 1.99. The Morgan fingerprint density at radius 2 is 2.31 bits per heavy atom. The van der Waals surface area contributed by atoms with Crippen LogP contribution < -0.4 is 5.73 Å². The number of rotatable bonds is 2. The normalized spacial score (nSPS) is 47.9. The van der Waals surface area contributed by atoms with Gasteiger partial charge < -0.3 is 5.73 Å². The average molecular weight is 179 g/mol. The van der Waals surface area contributed by atoms with E-state index in [0.29, 0.717) is 30.6 Å². The number of fused-ring (bicyclic) bond motifs is 1. The van der Waals surface area contributed by atoms with E-state index in [1.165, 1.54) is 6.42 Å². The highest BCUT2D eigenvalue weighted by atomic mass is 15.4. The first-order valence-corrected chi connectivity index (χ1v) is 5.18. The number of hydrogen-bond donors (Lipinski definition) is 1. The molecule has 2 rings (SSSR count). The Labute approximate surface area is 79.5 Å². The van der Waals surface area contributed by atoms with Crippen molar-refractivity contribution in [1.29, 1.82) is 5.26 Å². The van der Waals surface area contributed by atoms with Crippen molar-refractivity contribution in [3.8, 4) is 6.07 Å². The van der Waals surface area contributed by atoms with Gasteiger partial charge in [0.15, 0.2) is 0 Å². The third kappa shape index (κ3) is 1.45. The van der Waals surface area contributed by atoms with Crippen molar-refractivity contribution >= 4 is 0 Å². The fraction of sp³-hybridized carbons (Fsp3) is 0.900. The summed E-state index contributed by atoms with van der Waals surface area (Å²) in [5.74, 6) is 0. The summed E-state index contributed by atoms with van der Waals surface area (Å²) in [5, 5.41) is 8.64. The number of nitrogens with zero attached hydrogens (tertiary/aromatic N) is 2. The van der Waals surface area contributed by atoms with Gasteiger partial charge in [0.25, 0.3) is 0 Å². The Bertz CT molecular complexity index is 233. The summed E-state index contributed by atoms with van der Waals surface area (Å²) in [6.45, 7) is 2.21. The zero-order valence-corrected chi connectivity index (χ0v) is 8.11. The van der Waals surface area contributed by atoms with Crippen molar-refractivity contribution < 1.29 is 0 Å². The molecular weight excluding hydrogens is 162 g/mol. The fourth-order valence-corrected chi connectivity index (χ4v) is 2.77. The third-order valence-electron chi connectivity index (χ3n) is 3.43. The van der Waals surface area contributed by atoms with E-state index in [2.05, 4.69) is 17.9 Å². The number of nitrogens with two attached hydrogens (primary N) is 1. The summed E-state index contributed by atoms with van der Waals surface area (Å²) in [5.41, 5.74) is 5.97. The minimum atomic E-state index is 0.370. The largest absolute Gasteiger partial charge is 0.328 e. The molecule has 0 bridgehead atoms. The summed E-state index contributed by atoms with van der Waals surface area (Å²) in [6.07, 6.45) is 4.08. The molecule has 2 aliphatic heterocycles. The van der Waals surface area contributed by atoms with Crippen LogP contribution in [0.1, 0.15) is 32.6 Å². The number of piperidine rings is 1. The van der Waals surface area contributed by atoms with Crippen LogP contribution in [0.3, 0.4) is 0 Å². The molecule has 0 aliphatic carbocycles. The van der Waals surface area contributed by atoms with Crippen molar-refractivity contribution in [2.75, 3.05) is 0 Å². The van der Waals surface area contributed by atoms with Gasteiger partial charge >= 0.3 is 0 Å². The molecule has 0 spiro atoms. The van der Waals surface area contributed by atoms with Gasteiger partial charge in [0, 0.05) is 24.2 Å². The zero-order chi connectivity index (χ0) is 9.42. The maximum atomic E-state index is 8.64. The average Bonchev–Trinajstić information content (AvgIpc) is 2.78. The predicted molar refractivity (Wildman–Crippen MR) is 50.9 cm³/mol. The van der Waals surface area contributed by atoms with Crippen molar-refractivity contribution in [2.24, 2.45) is 5.73 Å². The molecule has 0 amide bonds.